The zero-order valence-corrected chi connectivity index (χ0v) is 25.8. The van der Waals surface area contributed by atoms with Crippen LogP contribution in [0.15, 0.2) is 79.9 Å². The third kappa shape index (κ3) is 4.76. The number of hydrogen-bond donors (Lipinski definition) is 1. The molecule has 4 heterocycles. The molecule has 1 aromatic heterocycles. The largest absolute Gasteiger partial charge is 0.396 e. The van der Waals surface area contributed by atoms with E-state index < -0.39 is 29.1 Å². The van der Waals surface area contributed by atoms with Gasteiger partial charge in [0.2, 0.25) is 17.7 Å². The van der Waals surface area contributed by atoms with Crippen molar-refractivity contribution >= 4 is 34.4 Å². The Morgan fingerprint density at radius 1 is 1.09 bits per heavy atom. The Morgan fingerprint density at radius 3 is 2.51 bits per heavy atom. The summed E-state index contributed by atoms with van der Waals surface area (Å²) in [7, 11) is 0. The molecule has 3 aliphatic rings. The Morgan fingerprint density at radius 2 is 1.80 bits per heavy atom. The van der Waals surface area contributed by atoms with E-state index in [-0.39, 0.29) is 63.0 Å². The number of benzene rings is 2. The lowest BCUT2D eigenvalue weighted by atomic mass is 9.62. The highest BCUT2D eigenvalue weighted by Crippen LogP contribution is 2.65. The maximum atomic E-state index is 14.8. The minimum atomic E-state index is -1.22. The molecule has 1 spiro atoms. The molecule has 0 radical (unpaired) electrons. The molecule has 3 aromatic rings. The molecule has 0 saturated carbocycles. The highest BCUT2D eigenvalue weighted by molar-refractivity contribution is 6.03. The third-order valence-electron chi connectivity index (χ3n) is 9.90. The number of anilines is 1. The standard InChI is InChI=1S/C34H40N6O5/c1-5-17-37(22-40-26-16-11-10-15-25(26)35-36-40)32(44)29-34-21-23(3)33(4,45-34)27(28(34)31(43)39(29)19-12-20-41)30(42)38(18-6-2)24-13-8-7-9-14-24/h5-11,13-16,23,27-29,41H,1-2,12,17-22H2,3-4H3/t23?,27-,28+,29?,33+,34?/m1/s1. The molecule has 1 N–H and O–H groups in total. The van der Waals surface area contributed by atoms with Crippen LogP contribution < -0.4 is 4.90 Å². The fourth-order valence-electron chi connectivity index (χ4n) is 7.83. The number of carbonyl (C=O) groups excluding carboxylic acids is 3. The van der Waals surface area contributed by atoms with Crippen molar-refractivity contribution in [2.45, 2.75) is 50.6 Å². The quantitative estimate of drug-likeness (QED) is 0.312. The van der Waals surface area contributed by atoms with Gasteiger partial charge in [0.1, 0.15) is 23.8 Å². The highest BCUT2D eigenvalue weighted by Gasteiger charge is 2.80. The Labute approximate surface area is 262 Å². The molecule has 6 atom stereocenters. The van der Waals surface area contributed by atoms with Gasteiger partial charge in [0.05, 0.1) is 23.0 Å². The van der Waals surface area contributed by atoms with Crippen LogP contribution in [0.2, 0.25) is 0 Å². The van der Waals surface area contributed by atoms with Gasteiger partial charge in [0, 0.05) is 31.9 Å². The second-order valence-corrected chi connectivity index (χ2v) is 12.5. The number of rotatable bonds is 12. The monoisotopic (exact) mass is 612 g/mol. The molecule has 3 saturated heterocycles. The van der Waals surface area contributed by atoms with Crippen LogP contribution in [0.3, 0.4) is 0 Å². The van der Waals surface area contributed by atoms with E-state index in [2.05, 4.69) is 23.5 Å². The Bertz CT molecular complexity index is 1630. The number of aliphatic hydroxyl groups is 1. The summed E-state index contributed by atoms with van der Waals surface area (Å²) in [6, 6.07) is 15.8. The van der Waals surface area contributed by atoms with E-state index in [1.807, 2.05) is 68.4 Å². The number of hydrogen-bond acceptors (Lipinski definition) is 7. The van der Waals surface area contributed by atoms with Crippen molar-refractivity contribution in [1.29, 1.82) is 0 Å². The number of aromatic nitrogens is 3. The van der Waals surface area contributed by atoms with Gasteiger partial charge in [0.25, 0.3) is 0 Å². The van der Waals surface area contributed by atoms with Crippen molar-refractivity contribution in [2.24, 2.45) is 17.8 Å². The van der Waals surface area contributed by atoms with Gasteiger partial charge in [0.15, 0.2) is 0 Å². The lowest BCUT2D eigenvalue weighted by Crippen LogP contribution is -2.57. The van der Waals surface area contributed by atoms with Gasteiger partial charge in [-0.05, 0) is 49.9 Å². The molecule has 3 aliphatic heterocycles. The second kappa shape index (κ2) is 11.9. The summed E-state index contributed by atoms with van der Waals surface area (Å²) >= 11 is 0. The maximum absolute atomic E-state index is 14.8. The van der Waals surface area contributed by atoms with Crippen molar-refractivity contribution in [2.75, 3.05) is 31.1 Å². The van der Waals surface area contributed by atoms with Crippen molar-refractivity contribution < 1.29 is 24.2 Å². The number of likely N-dealkylation sites (tertiary alicyclic amines) is 1. The highest BCUT2D eigenvalue weighted by atomic mass is 16.5. The molecule has 11 nitrogen and oxygen atoms in total. The van der Waals surface area contributed by atoms with Gasteiger partial charge in [-0.1, -0.05) is 54.6 Å². The number of nitrogens with zero attached hydrogens (tertiary/aromatic N) is 6. The first-order valence-corrected chi connectivity index (χ1v) is 15.5. The Hall–Kier alpha value is -4.35. The average molecular weight is 613 g/mol. The molecule has 0 aliphatic carbocycles. The van der Waals surface area contributed by atoms with Crippen LogP contribution in [-0.2, 0) is 25.8 Å². The number of amides is 3. The molecule has 6 rings (SSSR count). The van der Waals surface area contributed by atoms with Gasteiger partial charge in [-0.2, -0.15) is 0 Å². The van der Waals surface area contributed by atoms with Crippen LogP contribution in [0, 0.1) is 17.8 Å². The Kier molecular flexibility index (Phi) is 8.09. The van der Waals surface area contributed by atoms with Crippen LogP contribution in [0.5, 0.6) is 0 Å². The van der Waals surface area contributed by atoms with E-state index in [0.717, 1.165) is 5.52 Å². The van der Waals surface area contributed by atoms with Crippen molar-refractivity contribution in [3.63, 3.8) is 0 Å². The summed E-state index contributed by atoms with van der Waals surface area (Å²) in [6.45, 7) is 12.2. The third-order valence-corrected chi connectivity index (χ3v) is 9.90. The number of carbonyl (C=O) groups is 3. The molecular weight excluding hydrogens is 572 g/mol. The van der Waals surface area contributed by atoms with Gasteiger partial charge in [-0.25, -0.2) is 4.68 Å². The first kappa shape index (κ1) is 30.7. The van der Waals surface area contributed by atoms with E-state index in [0.29, 0.717) is 17.6 Å². The lowest BCUT2D eigenvalue weighted by molar-refractivity contribution is -0.153. The molecular formula is C34H40N6O5. The van der Waals surface area contributed by atoms with Crippen LogP contribution in [0.1, 0.15) is 26.7 Å². The molecule has 3 unspecified atom stereocenters. The van der Waals surface area contributed by atoms with Crippen molar-refractivity contribution in [3.05, 3.63) is 79.9 Å². The van der Waals surface area contributed by atoms with E-state index in [1.54, 1.807) is 26.6 Å². The minimum absolute atomic E-state index is 0.0843. The minimum Gasteiger partial charge on any atom is -0.396 e. The molecule has 2 bridgehead atoms. The zero-order chi connectivity index (χ0) is 31.9. The summed E-state index contributed by atoms with van der Waals surface area (Å²) in [5.74, 6) is -2.66. The van der Waals surface area contributed by atoms with E-state index in [9.17, 15) is 19.5 Å². The van der Waals surface area contributed by atoms with Crippen molar-refractivity contribution in [3.8, 4) is 0 Å². The fourth-order valence-corrected chi connectivity index (χ4v) is 7.83. The number of ether oxygens (including phenoxy) is 1. The summed E-state index contributed by atoms with van der Waals surface area (Å²) in [6.07, 6.45) is 4.03. The van der Waals surface area contributed by atoms with Crippen LogP contribution in [0.4, 0.5) is 5.69 Å². The van der Waals surface area contributed by atoms with Crippen LogP contribution >= 0.6 is 0 Å². The predicted octanol–water partition coefficient (Wildman–Crippen LogP) is 3.02. The molecule has 11 heteroatoms. The number of aliphatic hydroxyl groups excluding tert-OH is 1. The summed E-state index contributed by atoms with van der Waals surface area (Å²) in [5, 5.41) is 18.3. The zero-order valence-electron chi connectivity index (χ0n) is 25.8. The normalized spacial score (nSPS) is 28.3. The molecule has 45 heavy (non-hydrogen) atoms. The van der Waals surface area contributed by atoms with E-state index >= 15 is 0 Å². The van der Waals surface area contributed by atoms with Gasteiger partial charge in [-0.3, -0.25) is 14.4 Å². The smallest absolute Gasteiger partial charge is 0.250 e. The number of fused-ring (bicyclic) bond motifs is 2. The van der Waals surface area contributed by atoms with Crippen LogP contribution in [0.25, 0.3) is 11.0 Å². The topological polar surface area (TPSA) is 121 Å². The maximum Gasteiger partial charge on any atom is 0.250 e. The van der Waals surface area contributed by atoms with Gasteiger partial charge >= 0.3 is 0 Å². The van der Waals surface area contributed by atoms with E-state index in [1.165, 1.54) is 4.90 Å². The summed E-state index contributed by atoms with van der Waals surface area (Å²) in [5.41, 5.74) is -0.0333. The SMILES string of the molecule is C=CCN(Cn1nnc2ccccc21)C(=O)C1N(CCCO)C(=O)[C@@H]2[C@H](C(=O)N(CC=C)c3ccccc3)[C@@]3(C)OC12CC3C. The molecule has 2 aromatic carbocycles. The second-order valence-electron chi connectivity index (χ2n) is 12.5. The fraction of sp³-hybridized carbons (Fsp3) is 0.441. The number of para-hydroxylation sites is 2. The summed E-state index contributed by atoms with van der Waals surface area (Å²) in [4.78, 5) is 48.6. The average Bonchev–Trinajstić information content (AvgIpc) is 3.71. The molecule has 3 amide bonds. The molecule has 236 valence electrons. The van der Waals surface area contributed by atoms with Gasteiger partial charge in [-0.15, -0.1) is 18.3 Å². The summed E-state index contributed by atoms with van der Waals surface area (Å²) < 4.78 is 8.57. The van der Waals surface area contributed by atoms with Gasteiger partial charge < -0.3 is 24.5 Å². The Balaban J connectivity index is 1.41. The first-order chi connectivity index (χ1) is 21.7. The van der Waals surface area contributed by atoms with Crippen LogP contribution in [-0.4, -0.2) is 91.1 Å². The lowest BCUT2D eigenvalue weighted by Gasteiger charge is -2.39. The predicted molar refractivity (Wildman–Crippen MR) is 169 cm³/mol. The van der Waals surface area contributed by atoms with E-state index in [4.69, 9.17) is 4.74 Å². The molecule has 3 fully saturated rings. The first-order valence-electron chi connectivity index (χ1n) is 15.5. The van der Waals surface area contributed by atoms with Crippen molar-refractivity contribution in [1.82, 2.24) is 24.8 Å².